The second kappa shape index (κ2) is 6.12. The molecule has 1 aliphatic rings. The standard InChI is InChI=1S/C15H21ClN2O2/c1-15(2,10-3-5-11(16)6-4-10)9-18-14(20)13-7-12(19)8-17-13/h3-6,12-13,17,19H,7-9H2,1-2H3,(H,18,20). The average Bonchev–Trinajstić information content (AvgIpc) is 2.83. The molecule has 1 aliphatic heterocycles. The van der Waals surface area contributed by atoms with Gasteiger partial charge in [0.2, 0.25) is 5.91 Å². The first-order valence-electron chi connectivity index (χ1n) is 6.84. The molecule has 5 heteroatoms. The number of hydrogen-bond donors (Lipinski definition) is 3. The van der Waals surface area contributed by atoms with Gasteiger partial charge in [-0.15, -0.1) is 0 Å². The Bertz CT molecular complexity index is 473. The smallest absolute Gasteiger partial charge is 0.237 e. The summed E-state index contributed by atoms with van der Waals surface area (Å²) in [6, 6.07) is 7.38. The number of aliphatic hydroxyl groups is 1. The summed E-state index contributed by atoms with van der Waals surface area (Å²) in [5.74, 6) is -0.0522. The number of halogens is 1. The summed E-state index contributed by atoms with van der Waals surface area (Å²) in [4.78, 5) is 12.0. The topological polar surface area (TPSA) is 61.4 Å². The average molecular weight is 297 g/mol. The van der Waals surface area contributed by atoms with Crippen molar-refractivity contribution >= 4 is 17.5 Å². The van der Waals surface area contributed by atoms with E-state index in [1.165, 1.54) is 0 Å². The van der Waals surface area contributed by atoms with Gasteiger partial charge in [-0.25, -0.2) is 0 Å². The Kier molecular flexibility index (Phi) is 4.68. The van der Waals surface area contributed by atoms with E-state index in [2.05, 4.69) is 24.5 Å². The molecule has 4 nitrogen and oxygen atoms in total. The van der Waals surface area contributed by atoms with Crippen molar-refractivity contribution in [1.29, 1.82) is 0 Å². The van der Waals surface area contributed by atoms with Gasteiger partial charge in [0.15, 0.2) is 0 Å². The van der Waals surface area contributed by atoms with Gasteiger partial charge in [-0.3, -0.25) is 4.79 Å². The third-order valence-electron chi connectivity index (χ3n) is 3.75. The van der Waals surface area contributed by atoms with Crippen LogP contribution in [-0.2, 0) is 10.2 Å². The zero-order valence-corrected chi connectivity index (χ0v) is 12.6. The van der Waals surface area contributed by atoms with Gasteiger partial charge in [0.05, 0.1) is 12.1 Å². The number of carbonyl (C=O) groups excluding carboxylic acids is 1. The molecule has 0 saturated carbocycles. The van der Waals surface area contributed by atoms with Gasteiger partial charge in [0.1, 0.15) is 0 Å². The Labute approximate surface area is 124 Å². The Morgan fingerprint density at radius 1 is 1.45 bits per heavy atom. The van der Waals surface area contributed by atoms with Gasteiger partial charge in [-0.1, -0.05) is 37.6 Å². The summed E-state index contributed by atoms with van der Waals surface area (Å²) >= 11 is 5.89. The predicted octanol–water partition coefficient (Wildman–Crippen LogP) is 1.46. The number of benzene rings is 1. The van der Waals surface area contributed by atoms with Crippen LogP contribution in [0.25, 0.3) is 0 Å². The quantitative estimate of drug-likeness (QED) is 0.788. The highest BCUT2D eigenvalue weighted by molar-refractivity contribution is 6.30. The van der Waals surface area contributed by atoms with E-state index in [9.17, 15) is 9.90 Å². The molecule has 110 valence electrons. The molecule has 20 heavy (non-hydrogen) atoms. The van der Waals surface area contributed by atoms with Gasteiger partial charge in [-0.2, -0.15) is 0 Å². The normalized spacial score (nSPS) is 22.8. The maximum absolute atomic E-state index is 12.0. The fourth-order valence-electron chi connectivity index (χ4n) is 2.35. The first-order chi connectivity index (χ1) is 9.38. The minimum absolute atomic E-state index is 0.0522. The molecule has 1 amide bonds. The van der Waals surface area contributed by atoms with Crippen LogP contribution in [0.2, 0.25) is 5.02 Å². The van der Waals surface area contributed by atoms with Crippen LogP contribution in [0.3, 0.4) is 0 Å². The Morgan fingerprint density at radius 3 is 2.65 bits per heavy atom. The largest absolute Gasteiger partial charge is 0.392 e. The van der Waals surface area contributed by atoms with Crippen molar-refractivity contribution in [1.82, 2.24) is 10.6 Å². The number of nitrogens with one attached hydrogen (secondary N) is 2. The Hall–Kier alpha value is -1.10. The second-order valence-electron chi connectivity index (χ2n) is 5.96. The van der Waals surface area contributed by atoms with E-state index in [0.717, 1.165) is 5.56 Å². The molecule has 0 bridgehead atoms. The van der Waals surface area contributed by atoms with E-state index >= 15 is 0 Å². The predicted molar refractivity (Wildman–Crippen MR) is 79.9 cm³/mol. The number of aliphatic hydroxyl groups excluding tert-OH is 1. The maximum Gasteiger partial charge on any atom is 0.237 e. The minimum atomic E-state index is -0.421. The van der Waals surface area contributed by atoms with Crippen LogP contribution in [0.4, 0.5) is 0 Å². The number of amides is 1. The van der Waals surface area contributed by atoms with Crippen LogP contribution in [0.5, 0.6) is 0 Å². The molecule has 3 N–H and O–H groups in total. The number of rotatable bonds is 4. The lowest BCUT2D eigenvalue weighted by molar-refractivity contribution is -0.123. The van der Waals surface area contributed by atoms with Crippen molar-refractivity contribution in [2.24, 2.45) is 0 Å². The van der Waals surface area contributed by atoms with Gasteiger partial charge in [0.25, 0.3) is 0 Å². The molecule has 1 heterocycles. The van der Waals surface area contributed by atoms with Gasteiger partial charge < -0.3 is 15.7 Å². The lowest BCUT2D eigenvalue weighted by Gasteiger charge is -2.26. The van der Waals surface area contributed by atoms with Crippen molar-refractivity contribution in [3.05, 3.63) is 34.9 Å². The van der Waals surface area contributed by atoms with Crippen molar-refractivity contribution in [2.45, 2.75) is 37.8 Å². The van der Waals surface area contributed by atoms with Crippen molar-refractivity contribution in [3.63, 3.8) is 0 Å². The zero-order chi connectivity index (χ0) is 14.8. The molecular formula is C15H21ClN2O2. The van der Waals surface area contributed by atoms with E-state index in [1.54, 1.807) is 0 Å². The number of β-amino-alcohol motifs (C(OH)–C–C–N with tert-alkyl or cyclic N) is 1. The fourth-order valence-corrected chi connectivity index (χ4v) is 2.48. The Balaban J connectivity index is 1.91. The highest BCUT2D eigenvalue weighted by Crippen LogP contribution is 2.24. The molecule has 0 aliphatic carbocycles. The van der Waals surface area contributed by atoms with Gasteiger partial charge in [0, 0.05) is 23.5 Å². The van der Waals surface area contributed by atoms with Crippen LogP contribution >= 0.6 is 11.6 Å². The van der Waals surface area contributed by atoms with Gasteiger partial charge >= 0.3 is 0 Å². The fraction of sp³-hybridized carbons (Fsp3) is 0.533. The molecule has 0 spiro atoms. The Morgan fingerprint density at radius 2 is 2.10 bits per heavy atom. The first-order valence-corrected chi connectivity index (χ1v) is 7.21. The molecule has 2 atom stereocenters. The lowest BCUT2D eigenvalue weighted by Crippen LogP contribution is -2.45. The second-order valence-corrected chi connectivity index (χ2v) is 6.40. The van der Waals surface area contributed by atoms with Crippen molar-refractivity contribution < 1.29 is 9.90 Å². The molecule has 2 rings (SSSR count). The van der Waals surface area contributed by atoms with Crippen molar-refractivity contribution in [2.75, 3.05) is 13.1 Å². The third-order valence-corrected chi connectivity index (χ3v) is 4.01. The van der Waals surface area contributed by atoms with E-state index in [0.29, 0.717) is 24.5 Å². The number of hydrogen-bond acceptors (Lipinski definition) is 3. The molecular weight excluding hydrogens is 276 g/mol. The zero-order valence-electron chi connectivity index (χ0n) is 11.8. The highest BCUT2D eigenvalue weighted by atomic mass is 35.5. The summed E-state index contributed by atoms with van der Waals surface area (Å²) < 4.78 is 0. The first kappa shape index (κ1) is 15.3. The lowest BCUT2D eigenvalue weighted by atomic mass is 9.84. The summed E-state index contributed by atoms with van der Waals surface area (Å²) in [6.45, 7) is 5.18. The van der Waals surface area contributed by atoms with E-state index in [1.807, 2.05) is 24.3 Å². The molecule has 1 aromatic rings. The van der Waals surface area contributed by atoms with Crippen molar-refractivity contribution in [3.8, 4) is 0 Å². The van der Waals surface area contributed by atoms with E-state index in [-0.39, 0.29) is 17.4 Å². The molecule has 0 radical (unpaired) electrons. The molecule has 1 aromatic carbocycles. The molecule has 1 fully saturated rings. The van der Waals surface area contributed by atoms with Crippen LogP contribution < -0.4 is 10.6 Å². The number of carbonyl (C=O) groups is 1. The summed E-state index contributed by atoms with van der Waals surface area (Å²) in [5.41, 5.74) is 0.957. The van der Waals surface area contributed by atoms with Gasteiger partial charge in [-0.05, 0) is 24.1 Å². The van der Waals surface area contributed by atoms with E-state index in [4.69, 9.17) is 11.6 Å². The third kappa shape index (κ3) is 3.72. The molecule has 0 aromatic heterocycles. The van der Waals surface area contributed by atoms with Crippen LogP contribution in [0.15, 0.2) is 24.3 Å². The maximum atomic E-state index is 12.0. The summed E-state index contributed by atoms with van der Waals surface area (Å²) in [5, 5.41) is 16.1. The SMILES string of the molecule is CC(C)(CNC(=O)C1CC(O)CN1)c1ccc(Cl)cc1. The van der Waals surface area contributed by atoms with Crippen LogP contribution in [-0.4, -0.2) is 36.2 Å². The molecule has 2 unspecified atom stereocenters. The summed E-state index contributed by atoms with van der Waals surface area (Å²) in [7, 11) is 0. The molecule has 1 saturated heterocycles. The highest BCUT2D eigenvalue weighted by Gasteiger charge is 2.29. The summed E-state index contributed by atoms with van der Waals surface area (Å²) in [6.07, 6.45) is 0.0581. The monoisotopic (exact) mass is 296 g/mol. The minimum Gasteiger partial charge on any atom is -0.392 e. The van der Waals surface area contributed by atoms with Crippen LogP contribution in [0, 0.1) is 0 Å². The van der Waals surface area contributed by atoms with E-state index < -0.39 is 6.10 Å². The van der Waals surface area contributed by atoms with Crippen LogP contribution in [0.1, 0.15) is 25.8 Å².